The van der Waals surface area contributed by atoms with E-state index in [-0.39, 0.29) is 22.6 Å². The number of nitro benzene ring substituents is 1. The first-order valence-electron chi connectivity index (χ1n) is 8.52. The first-order chi connectivity index (χ1) is 13.4. The zero-order valence-corrected chi connectivity index (χ0v) is 15.5. The number of nitrogens with zero attached hydrogens (tertiary/aromatic N) is 2. The molecule has 1 aromatic carbocycles. The van der Waals surface area contributed by atoms with Gasteiger partial charge in [-0.05, 0) is 26.0 Å². The molecule has 1 aromatic heterocycles. The van der Waals surface area contributed by atoms with Crippen LogP contribution in [-0.4, -0.2) is 29.5 Å². The van der Waals surface area contributed by atoms with Crippen LogP contribution in [-0.2, 0) is 9.53 Å². The van der Waals surface area contributed by atoms with Crippen LogP contribution in [0.25, 0.3) is 0 Å². The average Bonchev–Trinajstić information content (AvgIpc) is 3.21. The number of esters is 1. The highest BCUT2D eigenvalue weighted by molar-refractivity contribution is 6.13. The molecule has 1 aliphatic rings. The normalized spacial score (nSPS) is 19.2. The van der Waals surface area contributed by atoms with Crippen LogP contribution in [0.4, 0.5) is 5.69 Å². The Balaban J connectivity index is 2.28. The molecule has 2 aromatic rings. The predicted octanol–water partition coefficient (Wildman–Crippen LogP) is 3.69. The van der Waals surface area contributed by atoms with Gasteiger partial charge in [-0.1, -0.05) is 18.2 Å². The Labute approximate surface area is 160 Å². The zero-order valence-electron chi connectivity index (χ0n) is 15.5. The van der Waals surface area contributed by atoms with Crippen molar-refractivity contribution in [2.45, 2.75) is 19.8 Å². The lowest BCUT2D eigenvalue weighted by Gasteiger charge is -2.31. The second-order valence-corrected chi connectivity index (χ2v) is 6.35. The van der Waals surface area contributed by atoms with Crippen LogP contribution in [0.1, 0.15) is 35.9 Å². The first-order valence-corrected chi connectivity index (χ1v) is 8.52. The topological polar surface area (TPSA) is 112 Å². The molecule has 0 bridgehead atoms. The van der Waals surface area contributed by atoms with Gasteiger partial charge in [0.15, 0.2) is 5.76 Å². The van der Waals surface area contributed by atoms with Gasteiger partial charge in [0.2, 0.25) is 5.78 Å². The number of methoxy groups -OCH3 is 1. The molecule has 0 saturated heterocycles. The number of carbonyl (C=O) groups excluding carboxylic acids is 2. The Morgan fingerprint density at radius 1 is 1.18 bits per heavy atom. The van der Waals surface area contributed by atoms with Crippen molar-refractivity contribution in [1.29, 1.82) is 0 Å². The standard InChI is InChI=1S/C20H18N2O6/c1-11-16(19(23)15-9-6-10-28-15)18(17(12(2)21-11)20(24)27-3)13-7-4-5-8-14(13)22(25)26/h4-10,17-18H,1-3H3. The summed E-state index contributed by atoms with van der Waals surface area (Å²) in [5, 5.41) is 11.6. The maximum absolute atomic E-state index is 13.2. The fourth-order valence-electron chi connectivity index (χ4n) is 3.56. The summed E-state index contributed by atoms with van der Waals surface area (Å²) in [6, 6.07) is 9.11. The Kier molecular flexibility index (Phi) is 5.21. The molecule has 28 heavy (non-hydrogen) atoms. The molecule has 0 N–H and O–H groups in total. The molecule has 2 atom stereocenters. The van der Waals surface area contributed by atoms with Crippen molar-refractivity contribution in [2.75, 3.05) is 7.11 Å². The Morgan fingerprint density at radius 3 is 2.50 bits per heavy atom. The molecule has 8 nitrogen and oxygen atoms in total. The van der Waals surface area contributed by atoms with Crippen LogP contribution in [0.3, 0.4) is 0 Å². The van der Waals surface area contributed by atoms with Crippen LogP contribution >= 0.6 is 0 Å². The number of aliphatic imine (C=N–C) groups is 1. The predicted molar refractivity (Wildman–Crippen MR) is 100 cm³/mol. The van der Waals surface area contributed by atoms with Crippen molar-refractivity contribution in [2.24, 2.45) is 10.9 Å². The molecule has 0 radical (unpaired) electrons. The van der Waals surface area contributed by atoms with E-state index in [0.717, 1.165) is 0 Å². The highest BCUT2D eigenvalue weighted by atomic mass is 16.6. The van der Waals surface area contributed by atoms with Crippen molar-refractivity contribution in [3.63, 3.8) is 0 Å². The van der Waals surface area contributed by atoms with Crippen LogP contribution in [0, 0.1) is 16.0 Å². The third-order valence-corrected chi connectivity index (χ3v) is 4.74. The number of hydrogen-bond donors (Lipinski definition) is 0. The van der Waals surface area contributed by atoms with E-state index in [2.05, 4.69) is 4.99 Å². The summed E-state index contributed by atoms with van der Waals surface area (Å²) in [4.78, 5) is 41.2. The molecule has 144 valence electrons. The molecule has 0 amide bonds. The molecule has 0 aliphatic carbocycles. The monoisotopic (exact) mass is 382 g/mol. The number of allylic oxidation sites excluding steroid dienone is 2. The molecule has 8 heteroatoms. The highest BCUT2D eigenvalue weighted by Crippen LogP contribution is 2.43. The molecule has 0 saturated carbocycles. The van der Waals surface area contributed by atoms with Gasteiger partial charge in [0.1, 0.15) is 5.92 Å². The summed E-state index contributed by atoms with van der Waals surface area (Å²) >= 11 is 0. The van der Waals surface area contributed by atoms with Crippen molar-refractivity contribution in [1.82, 2.24) is 0 Å². The number of furan rings is 1. The maximum atomic E-state index is 13.2. The minimum absolute atomic E-state index is 0.0660. The summed E-state index contributed by atoms with van der Waals surface area (Å²) in [5.41, 5.74) is 1.02. The van der Waals surface area contributed by atoms with Gasteiger partial charge in [-0.2, -0.15) is 0 Å². The van der Waals surface area contributed by atoms with Gasteiger partial charge in [0, 0.05) is 34.5 Å². The van der Waals surface area contributed by atoms with Crippen molar-refractivity contribution < 1.29 is 23.7 Å². The summed E-state index contributed by atoms with van der Waals surface area (Å²) < 4.78 is 10.1. The van der Waals surface area contributed by atoms with E-state index in [1.54, 1.807) is 32.0 Å². The molecular formula is C20H18N2O6. The number of Topliss-reactive ketones (excluding diaryl/α,β-unsaturated/α-hetero) is 1. The summed E-state index contributed by atoms with van der Waals surface area (Å²) in [5.74, 6) is -2.93. The van der Waals surface area contributed by atoms with Gasteiger partial charge in [-0.3, -0.25) is 24.7 Å². The Morgan fingerprint density at radius 2 is 1.89 bits per heavy atom. The second-order valence-electron chi connectivity index (χ2n) is 6.35. The maximum Gasteiger partial charge on any atom is 0.315 e. The lowest BCUT2D eigenvalue weighted by molar-refractivity contribution is -0.385. The molecule has 0 fully saturated rings. The van der Waals surface area contributed by atoms with Gasteiger partial charge >= 0.3 is 5.97 Å². The molecule has 3 rings (SSSR count). The third-order valence-electron chi connectivity index (χ3n) is 4.74. The Hall–Kier alpha value is -3.55. The smallest absolute Gasteiger partial charge is 0.315 e. The van der Waals surface area contributed by atoms with Gasteiger partial charge in [-0.25, -0.2) is 0 Å². The largest absolute Gasteiger partial charge is 0.468 e. The van der Waals surface area contributed by atoms with Crippen molar-refractivity contribution in [3.05, 3.63) is 75.4 Å². The van der Waals surface area contributed by atoms with Crippen LogP contribution in [0.2, 0.25) is 0 Å². The average molecular weight is 382 g/mol. The van der Waals surface area contributed by atoms with E-state index in [9.17, 15) is 19.7 Å². The second kappa shape index (κ2) is 7.59. The van der Waals surface area contributed by atoms with Crippen LogP contribution in [0.5, 0.6) is 0 Å². The highest BCUT2D eigenvalue weighted by Gasteiger charge is 2.44. The number of ketones is 1. The number of ether oxygens (including phenoxy) is 1. The van der Waals surface area contributed by atoms with Gasteiger partial charge in [0.25, 0.3) is 5.69 Å². The first kappa shape index (κ1) is 19.2. The number of hydrogen-bond acceptors (Lipinski definition) is 7. The SMILES string of the molecule is COC(=O)C1C(C)=NC(C)=C(C(=O)c2ccco2)C1c1ccccc1[N+](=O)[O-]. The van der Waals surface area contributed by atoms with E-state index < -0.39 is 28.5 Å². The van der Waals surface area contributed by atoms with E-state index in [1.807, 2.05) is 0 Å². The van der Waals surface area contributed by atoms with E-state index >= 15 is 0 Å². The van der Waals surface area contributed by atoms with E-state index in [1.165, 1.54) is 31.6 Å². The Bertz CT molecular complexity index is 1000. The van der Waals surface area contributed by atoms with Gasteiger partial charge < -0.3 is 9.15 Å². The lowest BCUT2D eigenvalue weighted by atomic mass is 9.73. The van der Waals surface area contributed by atoms with Gasteiger partial charge in [-0.15, -0.1) is 0 Å². The zero-order chi connectivity index (χ0) is 20.4. The number of rotatable bonds is 5. The fourth-order valence-corrected chi connectivity index (χ4v) is 3.56. The molecule has 2 unspecified atom stereocenters. The van der Waals surface area contributed by atoms with E-state index in [0.29, 0.717) is 11.4 Å². The van der Waals surface area contributed by atoms with Crippen LogP contribution in [0.15, 0.2) is 63.3 Å². The molecular weight excluding hydrogens is 364 g/mol. The van der Waals surface area contributed by atoms with Crippen molar-refractivity contribution in [3.8, 4) is 0 Å². The minimum Gasteiger partial charge on any atom is -0.468 e. The van der Waals surface area contributed by atoms with Crippen LogP contribution < -0.4 is 0 Å². The van der Waals surface area contributed by atoms with Crippen molar-refractivity contribution >= 4 is 23.2 Å². The molecule has 1 aliphatic heterocycles. The number of carbonyl (C=O) groups is 2. The third kappa shape index (κ3) is 3.24. The van der Waals surface area contributed by atoms with Gasteiger partial charge in [0.05, 0.1) is 18.3 Å². The lowest BCUT2D eigenvalue weighted by Crippen LogP contribution is -2.36. The number of para-hydroxylation sites is 1. The molecule has 0 spiro atoms. The summed E-state index contributed by atoms with van der Waals surface area (Å²) in [6.45, 7) is 3.27. The number of nitro groups is 1. The molecule has 2 heterocycles. The minimum atomic E-state index is -0.969. The quantitative estimate of drug-likeness (QED) is 0.337. The van der Waals surface area contributed by atoms with E-state index in [4.69, 9.17) is 9.15 Å². The summed E-state index contributed by atoms with van der Waals surface area (Å²) in [6.07, 6.45) is 1.36. The number of benzene rings is 1. The summed E-state index contributed by atoms with van der Waals surface area (Å²) in [7, 11) is 1.23. The fraction of sp³-hybridized carbons (Fsp3) is 0.250.